The molecule has 0 atom stereocenters. The predicted octanol–water partition coefficient (Wildman–Crippen LogP) is 1.57. The van der Waals surface area contributed by atoms with Gasteiger partial charge in [0.15, 0.2) is 0 Å². The number of anilines is 1. The van der Waals surface area contributed by atoms with E-state index in [-0.39, 0.29) is 5.75 Å². The van der Waals surface area contributed by atoms with Gasteiger partial charge >= 0.3 is 0 Å². The fraction of sp³-hybridized carbons (Fsp3) is 0.400. The van der Waals surface area contributed by atoms with Crippen LogP contribution in [0.5, 0.6) is 0 Å². The molecular formula is C10H13BrN2O2S. The quantitative estimate of drug-likeness (QED) is 0.844. The minimum Gasteiger partial charge on any atom is -0.399 e. The summed E-state index contributed by atoms with van der Waals surface area (Å²) in [5, 5.41) is 0. The van der Waals surface area contributed by atoms with Crippen LogP contribution in [0.2, 0.25) is 0 Å². The van der Waals surface area contributed by atoms with Crippen LogP contribution in [0.1, 0.15) is 12.0 Å². The van der Waals surface area contributed by atoms with E-state index < -0.39 is 10.0 Å². The van der Waals surface area contributed by atoms with Crippen molar-refractivity contribution >= 4 is 31.6 Å². The Labute approximate surface area is 104 Å². The van der Waals surface area contributed by atoms with E-state index in [2.05, 4.69) is 15.9 Å². The maximum Gasteiger partial charge on any atom is 0.214 e. The summed E-state index contributed by atoms with van der Waals surface area (Å²) in [6.45, 7) is 1.01. The van der Waals surface area contributed by atoms with Gasteiger partial charge in [-0.25, -0.2) is 8.42 Å². The number of halogens is 1. The molecule has 0 spiro atoms. The molecule has 6 heteroatoms. The molecule has 0 amide bonds. The van der Waals surface area contributed by atoms with Crippen LogP contribution in [0.15, 0.2) is 22.7 Å². The lowest BCUT2D eigenvalue weighted by Crippen LogP contribution is -2.25. The smallest absolute Gasteiger partial charge is 0.214 e. The zero-order valence-electron chi connectivity index (χ0n) is 8.69. The molecule has 16 heavy (non-hydrogen) atoms. The maximum absolute atomic E-state index is 11.6. The molecule has 2 N–H and O–H groups in total. The second-order valence-corrected chi connectivity index (χ2v) is 6.90. The Morgan fingerprint density at radius 3 is 2.69 bits per heavy atom. The average Bonchev–Trinajstić information content (AvgIpc) is 2.44. The highest BCUT2D eigenvalue weighted by atomic mass is 79.9. The molecule has 1 aromatic rings. The Balaban J connectivity index is 2.21. The summed E-state index contributed by atoms with van der Waals surface area (Å²) in [6.07, 6.45) is 0.714. The average molecular weight is 305 g/mol. The van der Waals surface area contributed by atoms with E-state index in [1.807, 2.05) is 6.07 Å². The van der Waals surface area contributed by atoms with E-state index in [4.69, 9.17) is 5.73 Å². The standard InChI is InChI=1S/C10H13BrN2O2S/c11-9-4-8(5-10(12)6-9)7-13-2-1-3-16(13,14)15/h4-6H,1-3,7,12H2. The fourth-order valence-corrected chi connectivity index (χ4v) is 3.90. The largest absolute Gasteiger partial charge is 0.399 e. The molecule has 0 saturated carbocycles. The lowest BCUT2D eigenvalue weighted by Gasteiger charge is -2.14. The number of nitrogens with zero attached hydrogens (tertiary/aromatic N) is 1. The first-order chi connectivity index (χ1) is 7.47. The van der Waals surface area contributed by atoms with Crippen LogP contribution < -0.4 is 5.73 Å². The van der Waals surface area contributed by atoms with Crippen molar-refractivity contribution in [1.29, 1.82) is 0 Å². The highest BCUT2D eigenvalue weighted by molar-refractivity contribution is 9.10. The van der Waals surface area contributed by atoms with Crippen LogP contribution in [0.4, 0.5) is 5.69 Å². The number of rotatable bonds is 2. The van der Waals surface area contributed by atoms with Gasteiger partial charge in [-0.05, 0) is 30.2 Å². The maximum atomic E-state index is 11.6. The molecule has 0 radical (unpaired) electrons. The van der Waals surface area contributed by atoms with Gasteiger partial charge in [0.25, 0.3) is 0 Å². The van der Waals surface area contributed by atoms with Gasteiger partial charge in [0.2, 0.25) is 10.0 Å². The molecule has 88 valence electrons. The summed E-state index contributed by atoms with van der Waals surface area (Å²) < 4.78 is 25.6. The summed E-state index contributed by atoms with van der Waals surface area (Å²) in [5.74, 6) is 0.260. The molecule has 1 heterocycles. The van der Waals surface area contributed by atoms with Crippen LogP contribution in [0.3, 0.4) is 0 Å². The molecule has 0 bridgehead atoms. The van der Waals surface area contributed by atoms with Crippen molar-refractivity contribution in [3.63, 3.8) is 0 Å². The van der Waals surface area contributed by atoms with Gasteiger partial charge in [-0.3, -0.25) is 0 Å². The number of nitrogen functional groups attached to an aromatic ring is 1. The molecule has 1 aliphatic heterocycles. The van der Waals surface area contributed by atoms with E-state index in [0.29, 0.717) is 25.2 Å². The molecule has 0 aromatic heterocycles. The van der Waals surface area contributed by atoms with Gasteiger partial charge in [-0.1, -0.05) is 15.9 Å². The Morgan fingerprint density at radius 1 is 1.38 bits per heavy atom. The predicted molar refractivity (Wildman–Crippen MR) is 67.4 cm³/mol. The van der Waals surface area contributed by atoms with E-state index in [1.54, 1.807) is 12.1 Å². The van der Waals surface area contributed by atoms with Crippen LogP contribution in [-0.2, 0) is 16.6 Å². The topological polar surface area (TPSA) is 63.4 Å². The molecule has 1 aromatic carbocycles. The van der Waals surface area contributed by atoms with Gasteiger partial charge in [-0.2, -0.15) is 4.31 Å². The molecule has 1 saturated heterocycles. The van der Waals surface area contributed by atoms with Gasteiger partial charge < -0.3 is 5.73 Å². The van der Waals surface area contributed by atoms with Gasteiger partial charge in [0.1, 0.15) is 0 Å². The summed E-state index contributed by atoms with van der Waals surface area (Å²) in [5.41, 5.74) is 7.26. The van der Waals surface area contributed by atoms with Crippen LogP contribution in [0.25, 0.3) is 0 Å². The fourth-order valence-electron chi connectivity index (χ4n) is 1.84. The first kappa shape index (κ1) is 11.9. The Bertz CT molecular complexity index is 481. The van der Waals surface area contributed by atoms with Crippen molar-refractivity contribution in [3.05, 3.63) is 28.2 Å². The number of sulfonamides is 1. The first-order valence-electron chi connectivity index (χ1n) is 5.00. The zero-order chi connectivity index (χ0) is 11.8. The van der Waals surface area contributed by atoms with Crippen LogP contribution in [-0.4, -0.2) is 25.0 Å². The third-order valence-corrected chi connectivity index (χ3v) is 4.90. The number of nitrogens with two attached hydrogens (primary N) is 1. The summed E-state index contributed by atoms with van der Waals surface area (Å²) in [7, 11) is -3.03. The monoisotopic (exact) mass is 304 g/mol. The van der Waals surface area contributed by atoms with E-state index in [0.717, 1.165) is 10.0 Å². The van der Waals surface area contributed by atoms with Crippen LogP contribution in [0, 0.1) is 0 Å². The van der Waals surface area contributed by atoms with E-state index in [1.165, 1.54) is 4.31 Å². The molecule has 2 rings (SSSR count). The Morgan fingerprint density at radius 2 is 2.12 bits per heavy atom. The number of benzene rings is 1. The van der Waals surface area contributed by atoms with Gasteiger partial charge in [-0.15, -0.1) is 0 Å². The highest BCUT2D eigenvalue weighted by Gasteiger charge is 2.27. The molecular weight excluding hydrogens is 292 g/mol. The van der Waals surface area contributed by atoms with Crippen molar-refractivity contribution in [3.8, 4) is 0 Å². The van der Waals surface area contributed by atoms with Crippen molar-refractivity contribution in [2.75, 3.05) is 18.0 Å². The number of hydrogen-bond donors (Lipinski definition) is 1. The Hall–Kier alpha value is -0.590. The van der Waals surface area contributed by atoms with Crippen molar-refractivity contribution in [2.24, 2.45) is 0 Å². The normalized spacial score (nSPS) is 20.1. The number of hydrogen-bond acceptors (Lipinski definition) is 3. The lowest BCUT2D eigenvalue weighted by molar-refractivity contribution is 0.440. The van der Waals surface area contributed by atoms with Crippen molar-refractivity contribution in [1.82, 2.24) is 4.31 Å². The zero-order valence-corrected chi connectivity index (χ0v) is 11.1. The molecule has 4 nitrogen and oxygen atoms in total. The van der Waals surface area contributed by atoms with Crippen molar-refractivity contribution < 1.29 is 8.42 Å². The second-order valence-electron chi connectivity index (χ2n) is 3.90. The third kappa shape index (κ3) is 2.56. The summed E-state index contributed by atoms with van der Waals surface area (Å²) in [6, 6.07) is 5.49. The van der Waals surface area contributed by atoms with E-state index >= 15 is 0 Å². The first-order valence-corrected chi connectivity index (χ1v) is 7.40. The van der Waals surface area contributed by atoms with Crippen molar-refractivity contribution in [2.45, 2.75) is 13.0 Å². The second kappa shape index (κ2) is 4.35. The van der Waals surface area contributed by atoms with Gasteiger partial charge in [0.05, 0.1) is 5.75 Å². The molecule has 1 aliphatic rings. The molecule has 0 aliphatic carbocycles. The van der Waals surface area contributed by atoms with Crippen LogP contribution >= 0.6 is 15.9 Å². The summed E-state index contributed by atoms with van der Waals surface area (Å²) in [4.78, 5) is 0. The minimum absolute atomic E-state index is 0.260. The van der Waals surface area contributed by atoms with Gasteiger partial charge in [0, 0.05) is 23.2 Å². The highest BCUT2D eigenvalue weighted by Crippen LogP contribution is 2.22. The lowest BCUT2D eigenvalue weighted by atomic mass is 10.2. The SMILES string of the molecule is Nc1cc(Br)cc(CN2CCCS2(=O)=O)c1. The Kier molecular flexibility index (Phi) is 3.23. The minimum atomic E-state index is -3.03. The molecule has 1 fully saturated rings. The summed E-state index contributed by atoms with van der Waals surface area (Å²) >= 11 is 3.34. The third-order valence-electron chi connectivity index (χ3n) is 2.54. The van der Waals surface area contributed by atoms with E-state index in [9.17, 15) is 8.42 Å². The molecule has 0 unspecified atom stereocenters.